The van der Waals surface area contributed by atoms with Crippen molar-refractivity contribution in [2.45, 2.75) is 39.7 Å². The minimum atomic E-state index is -0.0399. The Hall–Kier alpha value is -3.79. The third-order valence-corrected chi connectivity index (χ3v) is 8.02. The highest BCUT2D eigenvalue weighted by atomic mass is 32.1. The van der Waals surface area contributed by atoms with Crippen molar-refractivity contribution in [1.82, 2.24) is 14.9 Å². The molecular weight excluding hydrogens is 534 g/mol. The standard InChI is InChI=1S/C32H37N5O3S/c1-3-24(8-5-7-15-37-16-18-39-19-17-37)31(38)34-26-10-12-28-30(21-26)41-32(36-28)35-25-11-13-29(23(2)20-25)40-22-27-9-4-6-14-33-27/h3-4,6,9-14,20-21H,5,7-8,15-19,22H2,1-2H3,(H,34,38)(H,35,36)/b24-3+. The van der Waals surface area contributed by atoms with E-state index in [1.807, 2.05) is 74.5 Å². The van der Waals surface area contributed by atoms with Gasteiger partial charge in [-0.3, -0.25) is 14.7 Å². The van der Waals surface area contributed by atoms with Crippen LogP contribution < -0.4 is 15.4 Å². The van der Waals surface area contributed by atoms with E-state index in [1.54, 1.807) is 17.5 Å². The van der Waals surface area contributed by atoms with Crippen LogP contribution in [0.4, 0.5) is 16.5 Å². The van der Waals surface area contributed by atoms with E-state index in [9.17, 15) is 4.79 Å². The molecule has 1 amide bonds. The largest absolute Gasteiger partial charge is 0.487 e. The first-order valence-corrected chi connectivity index (χ1v) is 15.0. The molecule has 4 aromatic rings. The van der Waals surface area contributed by atoms with Gasteiger partial charge in [0.05, 0.1) is 29.1 Å². The Morgan fingerprint density at radius 1 is 1.10 bits per heavy atom. The maximum atomic E-state index is 13.0. The Morgan fingerprint density at radius 2 is 1.95 bits per heavy atom. The highest BCUT2D eigenvalue weighted by Gasteiger charge is 2.13. The Kier molecular flexibility index (Phi) is 9.96. The number of pyridine rings is 1. The number of aryl methyl sites for hydroxylation is 1. The predicted molar refractivity (Wildman–Crippen MR) is 166 cm³/mol. The van der Waals surface area contributed by atoms with Crippen LogP contribution in [0.3, 0.4) is 0 Å². The highest BCUT2D eigenvalue weighted by Crippen LogP contribution is 2.32. The number of ether oxygens (including phenoxy) is 2. The van der Waals surface area contributed by atoms with Gasteiger partial charge in [0.2, 0.25) is 0 Å². The van der Waals surface area contributed by atoms with Crippen molar-refractivity contribution < 1.29 is 14.3 Å². The van der Waals surface area contributed by atoms with E-state index in [2.05, 4.69) is 20.5 Å². The summed E-state index contributed by atoms with van der Waals surface area (Å²) >= 11 is 1.55. The van der Waals surface area contributed by atoms with Crippen molar-refractivity contribution in [3.63, 3.8) is 0 Å². The van der Waals surface area contributed by atoms with E-state index in [0.717, 1.165) is 101 Å². The second-order valence-electron chi connectivity index (χ2n) is 10.1. The lowest BCUT2D eigenvalue weighted by atomic mass is 10.1. The zero-order chi connectivity index (χ0) is 28.4. The summed E-state index contributed by atoms with van der Waals surface area (Å²) in [5.41, 5.74) is 5.33. The number of benzene rings is 2. The first kappa shape index (κ1) is 28.7. The van der Waals surface area contributed by atoms with Crippen LogP contribution in [0.1, 0.15) is 37.4 Å². The van der Waals surface area contributed by atoms with Crippen LogP contribution in [0, 0.1) is 6.92 Å². The molecule has 5 rings (SSSR count). The summed E-state index contributed by atoms with van der Waals surface area (Å²) in [6.45, 7) is 9.09. The number of unbranched alkanes of at least 4 members (excludes halogenated alkanes) is 1. The normalized spacial score (nSPS) is 14.2. The highest BCUT2D eigenvalue weighted by molar-refractivity contribution is 7.22. The van der Waals surface area contributed by atoms with Gasteiger partial charge in [-0.1, -0.05) is 23.5 Å². The molecule has 1 aliphatic rings. The van der Waals surface area contributed by atoms with Crippen LogP contribution >= 0.6 is 11.3 Å². The lowest BCUT2D eigenvalue weighted by Crippen LogP contribution is -2.36. The molecule has 1 saturated heterocycles. The number of rotatable bonds is 12. The van der Waals surface area contributed by atoms with Crippen molar-refractivity contribution in [3.8, 4) is 5.75 Å². The SMILES string of the molecule is C/C=C(\CCCCN1CCOCC1)C(=O)Nc1ccc2nc(Nc3ccc(OCc4ccccn4)c(C)c3)sc2c1. The third kappa shape index (κ3) is 8.13. The molecule has 0 radical (unpaired) electrons. The van der Waals surface area contributed by atoms with Crippen molar-refractivity contribution in [1.29, 1.82) is 0 Å². The van der Waals surface area contributed by atoms with E-state index in [-0.39, 0.29) is 5.91 Å². The monoisotopic (exact) mass is 571 g/mol. The molecule has 2 aromatic heterocycles. The smallest absolute Gasteiger partial charge is 0.251 e. The number of carbonyl (C=O) groups excluding carboxylic acids is 1. The quantitative estimate of drug-likeness (QED) is 0.144. The summed E-state index contributed by atoms with van der Waals surface area (Å²) in [6.07, 6.45) is 6.53. The summed E-state index contributed by atoms with van der Waals surface area (Å²) in [4.78, 5) is 24.4. The van der Waals surface area contributed by atoms with E-state index in [0.29, 0.717) is 6.61 Å². The number of hydrogen-bond donors (Lipinski definition) is 2. The summed E-state index contributed by atoms with van der Waals surface area (Å²) in [5, 5.41) is 7.28. The average molecular weight is 572 g/mol. The molecule has 0 spiro atoms. The Balaban J connectivity index is 1.14. The van der Waals surface area contributed by atoms with Crippen LogP contribution in [0.5, 0.6) is 5.75 Å². The molecule has 3 heterocycles. The number of carbonyl (C=O) groups is 1. The number of thiazole rings is 1. The maximum Gasteiger partial charge on any atom is 0.251 e. The van der Waals surface area contributed by atoms with Crippen molar-refractivity contribution in [3.05, 3.63) is 83.7 Å². The minimum Gasteiger partial charge on any atom is -0.487 e. The van der Waals surface area contributed by atoms with Gasteiger partial charge in [-0.25, -0.2) is 4.98 Å². The van der Waals surface area contributed by atoms with Crippen molar-refractivity contribution >= 4 is 44.0 Å². The molecule has 0 atom stereocenters. The first-order chi connectivity index (χ1) is 20.1. The molecule has 8 nitrogen and oxygen atoms in total. The maximum absolute atomic E-state index is 13.0. The molecule has 1 fully saturated rings. The van der Waals surface area contributed by atoms with Crippen LogP contribution in [0.25, 0.3) is 10.2 Å². The van der Waals surface area contributed by atoms with Gasteiger partial charge in [-0.2, -0.15) is 0 Å². The van der Waals surface area contributed by atoms with E-state index >= 15 is 0 Å². The second-order valence-corrected chi connectivity index (χ2v) is 11.1. The van der Waals surface area contributed by atoms with Gasteiger partial charge in [-0.15, -0.1) is 0 Å². The molecular formula is C32H37N5O3S. The molecule has 0 unspecified atom stereocenters. The average Bonchev–Trinajstić information content (AvgIpc) is 3.39. The molecule has 9 heteroatoms. The molecule has 1 aliphatic heterocycles. The topological polar surface area (TPSA) is 88.6 Å². The van der Waals surface area contributed by atoms with Gasteiger partial charge in [0, 0.05) is 36.2 Å². The number of hydrogen-bond acceptors (Lipinski definition) is 8. The number of nitrogens with one attached hydrogen (secondary N) is 2. The molecule has 2 N–H and O–H groups in total. The van der Waals surface area contributed by atoms with Crippen LogP contribution in [-0.2, 0) is 16.1 Å². The summed E-state index contributed by atoms with van der Waals surface area (Å²) < 4.78 is 12.4. The number of morpholine rings is 1. The Bertz CT molecular complexity index is 1480. The van der Waals surface area contributed by atoms with Gasteiger partial charge >= 0.3 is 0 Å². The summed E-state index contributed by atoms with van der Waals surface area (Å²) in [5.74, 6) is 0.783. The molecule has 2 aromatic carbocycles. The van der Waals surface area contributed by atoms with Gasteiger partial charge < -0.3 is 20.1 Å². The van der Waals surface area contributed by atoms with Gasteiger partial charge in [0.15, 0.2) is 5.13 Å². The number of allylic oxidation sites excluding steroid dienone is 1. The Labute approximate surface area is 245 Å². The van der Waals surface area contributed by atoms with E-state index < -0.39 is 0 Å². The van der Waals surface area contributed by atoms with E-state index in [4.69, 9.17) is 14.5 Å². The van der Waals surface area contributed by atoms with Gasteiger partial charge in [-0.05, 0) is 93.7 Å². The molecule has 0 saturated carbocycles. The number of fused-ring (bicyclic) bond motifs is 1. The van der Waals surface area contributed by atoms with Crippen molar-refractivity contribution in [2.75, 3.05) is 43.5 Å². The van der Waals surface area contributed by atoms with Crippen LogP contribution in [-0.4, -0.2) is 53.6 Å². The third-order valence-electron chi connectivity index (χ3n) is 7.09. The van der Waals surface area contributed by atoms with Gasteiger partial charge in [0.25, 0.3) is 5.91 Å². The zero-order valence-corrected chi connectivity index (χ0v) is 24.5. The number of nitrogens with zero attached hydrogens (tertiary/aromatic N) is 3. The van der Waals surface area contributed by atoms with E-state index in [1.165, 1.54) is 0 Å². The lowest BCUT2D eigenvalue weighted by Gasteiger charge is -2.26. The first-order valence-electron chi connectivity index (χ1n) is 14.1. The second kappa shape index (κ2) is 14.2. The summed E-state index contributed by atoms with van der Waals surface area (Å²) in [7, 11) is 0. The predicted octanol–water partition coefficient (Wildman–Crippen LogP) is 6.71. The van der Waals surface area contributed by atoms with Crippen LogP contribution in [0.15, 0.2) is 72.4 Å². The fourth-order valence-electron chi connectivity index (χ4n) is 4.78. The molecule has 0 bridgehead atoms. The number of aromatic nitrogens is 2. The van der Waals surface area contributed by atoms with Gasteiger partial charge in [0.1, 0.15) is 12.4 Å². The molecule has 0 aliphatic carbocycles. The fourth-order valence-corrected chi connectivity index (χ4v) is 5.70. The Morgan fingerprint density at radius 3 is 2.73 bits per heavy atom. The summed E-state index contributed by atoms with van der Waals surface area (Å²) in [6, 6.07) is 17.6. The van der Waals surface area contributed by atoms with Crippen molar-refractivity contribution in [2.24, 2.45) is 0 Å². The number of anilines is 3. The zero-order valence-electron chi connectivity index (χ0n) is 23.7. The molecule has 41 heavy (non-hydrogen) atoms. The number of amides is 1. The fraction of sp³-hybridized carbons (Fsp3) is 0.344. The lowest BCUT2D eigenvalue weighted by molar-refractivity contribution is -0.113. The molecule has 214 valence electrons. The van der Waals surface area contributed by atoms with Crippen LogP contribution in [0.2, 0.25) is 0 Å². The minimum absolute atomic E-state index is 0.0399.